The Labute approximate surface area is 190 Å². The largest absolute Gasteiger partial charge is 0.401 e. The molecule has 2 aromatic carbocycles. The van der Waals surface area contributed by atoms with Crippen LogP contribution in [0.3, 0.4) is 0 Å². The first-order valence-corrected chi connectivity index (χ1v) is 11.7. The Bertz CT molecular complexity index is 1080. The number of alkyl halides is 3. The summed E-state index contributed by atoms with van der Waals surface area (Å²) in [5, 5.41) is 0.384. The SMILES string of the molecule is CN(c1cccc(Cl)c1)S(=O)(=O)c1cccc(C(=O)N2CCCN(CC(F)(F)F)CC2)c1. The van der Waals surface area contributed by atoms with Crippen molar-refractivity contribution in [1.82, 2.24) is 9.80 Å². The Morgan fingerprint density at radius 2 is 1.78 bits per heavy atom. The number of hydrogen-bond donors (Lipinski definition) is 0. The first-order chi connectivity index (χ1) is 15.0. The van der Waals surface area contributed by atoms with Crippen molar-refractivity contribution >= 4 is 33.2 Å². The number of anilines is 1. The molecule has 1 fully saturated rings. The fraction of sp³-hybridized carbons (Fsp3) is 0.381. The van der Waals surface area contributed by atoms with Crippen LogP contribution in [0.5, 0.6) is 0 Å². The molecule has 1 saturated heterocycles. The maximum absolute atomic E-state index is 13.1. The highest BCUT2D eigenvalue weighted by molar-refractivity contribution is 7.92. The van der Waals surface area contributed by atoms with E-state index >= 15 is 0 Å². The highest BCUT2D eigenvalue weighted by Gasteiger charge is 2.32. The van der Waals surface area contributed by atoms with Gasteiger partial charge in [0.25, 0.3) is 15.9 Å². The molecule has 0 aliphatic carbocycles. The van der Waals surface area contributed by atoms with Gasteiger partial charge in [0, 0.05) is 43.8 Å². The van der Waals surface area contributed by atoms with Crippen LogP contribution >= 0.6 is 11.6 Å². The van der Waals surface area contributed by atoms with Crippen LogP contribution in [0, 0.1) is 0 Å². The van der Waals surface area contributed by atoms with E-state index in [1.54, 1.807) is 18.2 Å². The monoisotopic (exact) mass is 489 g/mol. The van der Waals surface area contributed by atoms with Gasteiger partial charge in [-0.05, 0) is 42.8 Å². The topological polar surface area (TPSA) is 60.9 Å². The number of sulfonamides is 1. The lowest BCUT2D eigenvalue weighted by Gasteiger charge is -2.23. The second kappa shape index (κ2) is 9.68. The summed E-state index contributed by atoms with van der Waals surface area (Å²) in [6, 6.07) is 12.0. The zero-order chi connectivity index (χ0) is 23.5. The van der Waals surface area contributed by atoms with Crippen LogP contribution in [0.15, 0.2) is 53.4 Å². The van der Waals surface area contributed by atoms with Crippen molar-refractivity contribution in [1.29, 1.82) is 0 Å². The van der Waals surface area contributed by atoms with E-state index in [0.29, 0.717) is 23.7 Å². The maximum atomic E-state index is 13.1. The van der Waals surface area contributed by atoms with Gasteiger partial charge >= 0.3 is 6.18 Å². The van der Waals surface area contributed by atoms with Crippen LogP contribution in [-0.2, 0) is 10.0 Å². The summed E-state index contributed by atoms with van der Waals surface area (Å²) in [5.41, 5.74) is 0.529. The fourth-order valence-corrected chi connectivity index (χ4v) is 4.94. The van der Waals surface area contributed by atoms with Gasteiger partial charge in [-0.2, -0.15) is 13.2 Å². The lowest BCUT2D eigenvalue weighted by Crippen LogP contribution is -2.38. The molecule has 0 unspecified atom stereocenters. The second-order valence-corrected chi connectivity index (χ2v) is 9.92. The molecule has 6 nitrogen and oxygen atoms in total. The Balaban J connectivity index is 1.77. The Morgan fingerprint density at radius 1 is 1.06 bits per heavy atom. The first kappa shape index (κ1) is 24.3. The van der Waals surface area contributed by atoms with Gasteiger partial charge in [0.15, 0.2) is 0 Å². The molecule has 1 aliphatic rings. The molecule has 0 saturated carbocycles. The van der Waals surface area contributed by atoms with E-state index < -0.39 is 28.7 Å². The van der Waals surface area contributed by atoms with Crippen molar-refractivity contribution in [3.63, 3.8) is 0 Å². The summed E-state index contributed by atoms with van der Waals surface area (Å²) in [4.78, 5) is 15.6. The van der Waals surface area contributed by atoms with Crippen LogP contribution in [0.4, 0.5) is 18.9 Å². The number of benzene rings is 2. The van der Waals surface area contributed by atoms with E-state index in [1.165, 1.54) is 47.2 Å². The molecule has 2 aromatic rings. The molecule has 0 bridgehead atoms. The minimum absolute atomic E-state index is 0.0701. The molecule has 3 rings (SSSR count). The minimum atomic E-state index is -4.29. The Morgan fingerprint density at radius 3 is 2.47 bits per heavy atom. The average Bonchev–Trinajstić information content (AvgIpc) is 2.97. The van der Waals surface area contributed by atoms with Gasteiger partial charge < -0.3 is 4.90 Å². The number of rotatable bonds is 5. The van der Waals surface area contributed by atoms with Gasteiger partial charge in [0.1, 0.15) is 0 Å². The number of halogens is 4. The van der Waals surface area contributed by atoms with Crippen LogP contribution in [0.2, 0.25) is 5.02 Å². The minimum Gasteiger partial charge on any atom is -0.337 e. The van der Waals surface area contributed by atoms with E-state index in [-0.39, 0.29) is 30.1 Å². The van der Waals surface area contributed by atoms with Crippen molar-refractivity contribution in [2.75, 3.05) is 44.1 Å². The summed E-state index contributed by atoms with van der Waals surface area (Å²) >= 11 is 5.96. The van der Waals surface area contributed by atoms with Crippen molar-refractivity contribution < 1.29 is 26.4 Å². The smallest absolute Gasteiger partial charge is 0.337 e. The summed E-state index contributed by atoms with van der Waals surface area (Å²) in [6.07, 6.45) is -3.89. The molecule has 1 heterocycles. The molecule has 0 spiro atoms. The number of carbonyl (C=O) groups is 1. The molecule has 1 amide bonds. The normalized spacial score (nSPS) is 16.0. The van der Waals surface area contributed by atoms with Gasteiger partial charge in [-0.15, -0.1) is 0 Å². The third-order valence-electron chi connectivity index (χ3n) is 5.19. The van der Waals surface area contributed by atoms with E-state index in [0.717, 1.165) is 4.31 Å². The first-order valence-electron chi connectivity index (χ1n) is 9.90. The molecule has 1 aliphatic heterocycles. The predicted octanol–water partition coefficient (Wildman–Crippen LogP) is 3.88. The fourth-order valence-electron chi connectivity index (χ4n) is 3.53. The zero-order valence-electron chi connectivity index (χ0n) is 17.3. The number of hydrogen-bond acceptors (Lipinski definition) is 4. The number of amides is 1. The third kappa shape index (κ3) is 5.93. The molecule has 32 heavy (non-hydrogen) atoms. The molecule has 0 atom stereocenters. The van der Waals surface area contributed by atoms with E-state index in [1.807, 2.05) is 0 Å². The van der Waals surface area contributed by atoms with Crippen LogP contribution < -0.4 is 4.31 Å². The lowest BCUT2D eigenvalue weighted by atomic mass is 10.2. The molecule has 0 aromatic heterocycles. The van der Waals surface area contributed by atoms with Gasteiger partial charge in [-0.25, -0.2) is 8.42 Å². The summed E-state index contributed by atoms with van der Waals surface area (Å²) in [6.45, 7) is -0.248. The predicted molar refractivity (Wildman–Crippen MR) is 116 cm³/mol. The quantitative estimate of drug-likeness (QED) is 0.639. The number of nitrogens with zero attached hydrogens (tertiary/aromatic N) is 3. The van der Waals surface area contributed by atoms with Gasteiger partial charge in [0.05, 0.1) is 17.1 Å². The summed E-state index contributed by atoms with van der Waals surface area (Å²) in [7, 11) is -2.57. The van der Waals surface area contributed by atoms with E-state index in [9.17, 15) is 26.4 Å². The average molecular weight is 490 g/mol. The molecule has 0 radical (unpaired) electrons. The number of carbonyl (C=O) groups excluding carboxylic acids is 1. The van der Waals surface area contributed by atoms with Crippen LogP contribution in [-0.4, -0.2) is 70.1 Å². The molecular formula is C21H23ClF3N3O3S. The van der Waals surface area contributed by atoms with Gasteiger partial charge in [0.2, 0.25) is 0 Å². The summed E-state index contributed by atoms with van der Waals surface area (Å²) in [5.74, 6) is -0.415. The van der Waals surface area contributed by atoms with Crippen molar-refractivity contribution in [2.45, 2.75) is 17.5 Å². The highest BCUT2D eigenvalue weighted by Crippen LogP contribution is 2.25. The van der Waals surface area contributed by atoms with Crippen molar-refractivity contribution in [2.24, 2.45) is 0 Å². The maximum Gasteiger partial charge on any atom is 0.401 e. The standard InChI is InChI=1S/C21H23ClF3N3O3S/c1-26(18-7-3-6-17(22)14-18)32(30,31)19-8-2-5-16(13-19)20(29)28-10-4-9-27(11-12-28)15-21(23,24)25/h2-3,5-8,13-14H,4,9-12,15H2,1H3. The van der Waals surface area contributed by atoms with Crippen LogP contribution in [0.25, 0.3) is 0 Å². The zero-order valence-corrected chi connectivity index (χ0v) is 18.9. The van der Waals surface area contributed by atoms with Crippen molar-refractivity contribution in [3.8, 4) is 0 Å². The Hall–Kier alpha value is -2.30. The molecular weight excluding hydrogens is 467 g/mol. The van der Waals surface area contributed by atoms with E-state index in [2.05, 4.69) is 0 Å². The third-order valence-corrected chi connectivity index (χ3v) is 7.21. The summed E-state index contributed by atoms with van der Waals surface area (Å²) < 4.78 is 65.2. The van der Waals surface area contributed by atoms with Gasteiger partial charge in [-0.1, -0.05) is 23.7 Å². The van der Waals surface area contributed by atoms with Crippen LogP contribution in [0.1, 0.15) is 16.8 Å². The second-order valence-electron chi connectivity index (χ2n) is 7.52. The molecule has 174 valence electrons. The molecule has 0 N–H and O–H groups in total. The van der Waals surface area contributed by atoms with E-state index in [4.69, 9.17) is 11.6 Å². The van der Waals surface area contributed by atoms with Crippen molar-refractivity contribution in [3.05, 3.63) is 59.1 Å². The Kier molecular flexibility index (Phi) is 7.36. The van der Waals surface area contributed by atoms with Gasteiger partial charge in [-0.3, -0.25) is 14.0 Å². The molecule has 11 heteroatoms. The highest BCUT2D eigenvalue weighted by atomic mass is 35.5. The lowest BCUT2D eigenvalue weighted by molar-refractivity contribution is -0.145.